The second kappa shape index (κ2) is 7.32. The molecular weight excluding hydrogens is 266 g/mol. The van der Waals surface area contributed by atoms with Gasteiger partial charge in [-0.05, 0) is 31.0 Å². The second-order valence-electron chi connectivity index (χ2n) is 4.19. The predicted molar refractivity (Wildman–Crippen MR) is 76.4 cm³/mol. The second-order valence-corrected chi connectivity index (χ2v) is 5.75. The zero-order valence-electron chi connectivity index (χ0n) is 11.1. The normalized spacial score (nSPS) is 11.5. The Bertz CT molecular complexity index is 503. The van der Waals surface area contributed by atoms with Crippen LogP contribution in [0.2, 0.25) is 0 Å². The number of ether oxygens (including phenoxy) is 1. The number of hydrogen-bond acceptors (Lipinski definition) is 5. The van der Waals surface area contributed by atoms with E-state index in [0.717, 1.165) is 19.4 Å². The van der Waals surface area contributed by atoms with Crippen molar-refractivity contribution in [3.63, 3.8) is 0 Å². The lowest BCUT2D eigenvalue weighted by Crippen LogP contribution is -2.13. The largest absolute Gasteiger partial charge is 0.397 e. The van der Waals surface area contributed by atoms with Crippen LogP contribution < -0.4 is 16.2 Å². The molecule has 0 aliphatic carbocycles. The SMILES string of the molecule is CCCOCCCNc1cc(S(N)(=O)=O)ccc1N. The van der Waals surface area contributed by atoms with Gasteiger partial charge in [-0.1, -0.05) is 6.92 Å². The Hall–Kier alpha value is -1.31. The van der Waals surface area contributed by atoms with Crippen molar-refractivity contribution in [3.8, 4) is 0 Å². The Labute approximate surface area is 114 Å². The van der Waals surface area contributed by atoms with Gasteiger partial charge in [-0.3, -0.25) is 0 Å². The molecule has 0 aliphatic rings. The fraction of sp³-hybridized carbons (Fsp3) is 0.500. The van der Waals surface area contributed by atoms with Crippen molar-refractivity contribution in [2.45, 2.75) is 24.7 Å². The highest BCUT2D eigenvalue weighted by molar-refractivity contribution is 7.89. The first-order valence-electron chi connectivity index (χ1n) is 6.19. The van der Waals surface area contributed by atoms with Crippen molar-refractivity contribution in [2.75, 3.05) is 30.8 Å². The highest BCUT2D eigenvalue weighted by Gasteiger charge is 2.09. The molecule has 0 spiro atoms. The molecule has 6 nitrogen and oxygen atoms in total. The molecule has 0 saturated carbocycles. The van der Waals surface area contributed by atoms with Crippen LogP contribution in [0.3, 0.4) is 0 Å². The molecule has 0 bridgehead atoms. The number of nitrogen functional groups attached to an aromatic ring is 1. The molecule has 0 fully saturated rings. The maximum absolute atomic E-state index is 11.2. The van der Waals surface area contributed by atoms with E-state index in [-0.39, 0.29) is 4.90 Å². The third-order valence-electron chi connectivity index (χ3n) is 2.48. The first-order valence-corrected chi connectivity index (χ1v) is 7.73. The summed E-state index contributed by atoms with van der Waals surface area (Å²) < 4.78 is 27.8. The van der Waals surface area contributed by atoms with E-state index in [9.17, 15) is 8.42 Å². The third kappa shape index (κ3) is 5.46. The highest BCUT2D eigenvalue weighted by Crippen LogP contribution is 2.21. The van der Waals surface area contributed by atoms with Crippen molar-refractivity contribution < 1.29 is 13.2 Å². The lowest BCUT2D eigenvalue weighted by molar-refractivity contribution is 0.134. The Morgan fingerprint density at radius 1 is 1.32 bits per heavy atom. The minimum Gasteiger partial charge on any atom is -0.397 e. The summed E-state index contributed by atoms with van der Waals surface area (Å²) in [6, 6.07) is 4.35. The average Bonchev–Trinajstić information content (AvgIpc) is 2.34. The van der Waals surface area contributed by atoms with E-state index in [0.29, 0.717) is 24.5 Å². The molecule has 19 heavy (non-hydrogen) atoms. The maximum atomic E-state index is 11.2. The molecule has 0 heterocycles. The molecule has 0 saturated heterocycles. The van der Waals surface area contributed by atoms with Crippen LogP contribution in [0.4, 0.5) is 11.4 Å². The van der Waals surface area contributed by atoms with Crippen molar-refractivity contribution in [3.05, 3.63) is 18.2 Å². The first kappa shape index (κ1) is 15.7. The molecule has 0 radical (unpaired) electrons. The van der Waals surface area contributed by atoms with Gasteiger partial charge in [0.05, 0.1) is 16.3 Å². The quantitative estimate of drug-likeness (QED) is 0.491. The maximum Gasteiger partial charge on any atom is 0.238 e. The van der Waals surface area contributed by atoms with Gasteiger partial charge in [0.15, 0.2) is 0 Å². The predicted octanol–water partition coefficient (Wildman–Crippen LogP) is 1.14. The van der Waals surface area contributed by atoms with E-state index in [2.05, 4.69) is 12.2 Å². The van der Waals surface area contributed by atoms with Gasteiger partial charge in [0.25, 0.3) is 0 Å². The smallest absolute Gasteiger partial charge is 0.238 e. The van der Waals surface area contributed by atoms with Crippen LogP contribution in [-0.4, -0.2) is 28.2 Å². The molecule has 0 aliphatic heterocycles. The van der Waals surface area contributed by atoms with E-state index in [1.54, 1.807) is 0 Å². The average molecular weight is 287 g/mol. The van der Waals surface area contributed by atoms with Crippen LogP contribution in [0.5, 0.6) is 0 Å². The van der Waals surface area contributed by atoms with Gasteiger partial charge in [0.1, 0.15) is 0 Å². The Morgan fingerprint density at radius 3 is 2.68 bits per heavy atom. The number of nitrogens with two attached hydrogens (primary N) is 2. The van der Waals surface area contributed by atoms with Crippen molar-refractivity contribution in [1.82, 2.24) is 0 Å². The minimum absolute atomic E-state index is 0.0476. The molecule has 1 aromatic rings. The molecule has 1 aromatic carbocycles. The van der Waals surface area contributed by atoms with Crippen molar-refractivity contribution in [2.24, 2.45) is 5.14 Å². The summed E-state index contributed by atoms with van der Waals surface area (Å²) in [5.41, 5.74) is 6.82. The Balaban J connectivity index is 2.53. The first-order chi connectivity index (χ1) is 8.95. The highest BCUT2D eigenvalue weighted by atomic mass is 32.2. The van der Waals surface area contributed by atoms with E-state index in [4.69, 9.17) is 15.6 Å². The van der Waals surface area contributed by atoms with Gasteiger partial charge in [-0.15, -0.1) is 0 Å². The van der Waals surface area contributed by atoms with Crippen molar-refractivity contribution in [1.29, 1.82) is 0 Å². The summed E-state index contributed by atoms with van der Waals surface area (Å²) in [4.78, 5) is 0.0476. The molecule has 1 rings (SSSR count). The fourth-order valence-electron chi connectivity index (χ4n) is 1.51. The van der Waals surface area contributed by atoms with Crippen LogP contribution in [0.15, 0.2) is 23.1 Å². The zero-order valence-corrected chi connectivity index (χ0v) is 11.9. The summed E-state index contributed by atoms with van der Waals surface area (Å²) in [6.45, 7) is 4.12. The topological polar surface area (TPSA) is 107 Å². The van der Waals surface area contributed by atoms with Crippen LogP contribution in [0, 0.1) is 0 Å². The molecule has 7 heteroatoms. The van der Waals surface area contributed by atoms with Crippen molar-refractivity contribution >= 4 is 21.4 Å². The fourth-order valence-corrected chi connectivity index (χ4v) is 2.05. The summed E-state index contributed by atoms with van der Waals surface area (Å²) in [5.74, 6) is 0. The minimum atomic E-state index is -3.70. The van der Waals surface area contributed by atoms with Gasteiger partial charge in [-0.25, -0.2) is 13.6 Å². The van der Waals surface area contributed by atoms with E-state index >= 15 is 0 Å². The molecular formula is C12H21N3O3S. The van der Waals surface area contributed by atoms with E-state index in [1.165, 1.54) is 18.2 Å². The summed E-state index contributed by atoms with van der Waals surface area (Å²) in [5, 5.41) is 8.15. The Morgan fingerprint density at radius 2 is 2.05 bits per heavy atom. The number of anilines is 2. The molecule has 0 atom stereocenters. The lowest BCUT2D eigenvalue weighted by Gasteiger charge is -2.10. The van der Waals surface area contributed by atoms with Crippen LogP contribution in [-0.2, 0) is 14.8 Å². The Kier molecular flexibility index (Phi) is 6.07. The van der Waals surface area contributed by atoms with E-state index < -0.39 is 10.0 Å². The molecule has 108 valence electrons. The number of nitrogens with one attached hydrogen (secondary N) is 1. The van der Waals surface area contributed by atoms with Crippen LogP contribution in [0.1, 0.15) is 19.8 Å². The van der Waals surface area contributed by atoms with Gasteiger partial charge >= 0.3 is 0 Å². The molecule has 0 aromatic heterocycles. The van der Waals surface area contributed by atoms with Gasteiger partial charge in [0.2, 0.25) is 10.0 Å². The molecule has 0 unspecified atom stereocenters. The monoisotopic (exact) mass is 287 g/mol. The molecule has 5 N–H and O–H groups in total. The van der Waals surface area contributed by atoms with E-state index in [1.807, 2.05) is 0 Å². The lowest BCUT2D eigenvalue weighted by atomic mass is 10.2. The third-order valence-corrected chi connectivity index (χ3v) is 3.39. The number of benzene rings is 1. The number of sulfonamides is 1. The van der Waals surface area contributed by atoms with Gasteiger partial charge in [-0.2, -0.15) is 0 Å². The van der Waals surface area contributed by atoms with Crippen LogP contribution in [0.25, 0.3) is 0 Å². The number of primary sulfonamides is 1. The summed E-state index contributed by atoms with van der Waals surface area (Å²) >= 11 is 0. The molecule has 0 amide bonds. The van der Waals surface area contributed by atoms with Gasteiger partial charge < -0.3 is 15.8 Å². The summed E-state index contributed by atoms with van der Waals surface area (Å²) in [6.07, 6.45) is 1.82. The zero-order chi connectivity index (χ0) is 14.3. The standard InChI is InChI=1S/C12H21N3O3S/c1-2-7-18-8-3-6-15-12-9-10(19(14,16)17)4-5-11(12)13/h4-5,9,15H,2-3,6-8,13H2,1H3,(H2,14,16,17). The van der Waals surface area contributed by atoms with Gasteiger partial charge in [0, 0.05) is 19.8 Å². The number of hydrogen-bond donors (Lipinski definition) is 3. The number of rotatable bonds is 8. The van der Waals surface area contributed by atoms with Crippen LogP contribution >= 0.6 is 0 Å². The summed E-state index contributed by atoms with van der Waals surface area (Å²) in [7, 11) is -3.70.